The van der Waals surface area contributed by atoms with Gasteiger partial charge in [0.1, 0.15) is 0 Å². The first-order chi connectivity index (χ1) is 9.56. The molecule has 1 unspecified atom stereocenters. The van der Waals surface area contributed by atoms with Gasteiger partial charge in [-0.15, -0.1) is 24.0 Å². The Morgan fingerprint density at radius 1 is 1.24 bits per heavy atom. The molecule has 1 fully saturated rings. The first kappa shape index (κ1) is 20.9. The normalized spacial score (nSPS) is 21.0. The van der Waals surface area contributed by atoms with Gasteiger partial charge in [0, 0.05) is 6.54 Å². The highest BCUT2D eigenvalue weighted by molar-refractivity contribution is 14.0. The largest absolute Gasteiger partial charge is 0.370 e. The molecule has 1 atom stereocenters. The van der Waals surface area contributed by atoms with E-state index in [9.17, 15) is 8.42 Å². The molecule has 0 aromatic rings. The fourth-order valence-corrected chi connectivity index (χ4v) is 4.17. The molecule has 0 aliphatic carbocycles. The number of aliphatic imine (C=N–C) groups is 1. The number of halogens is 1. The number of nitrogens with one attached hydrogen (secondary N) is 1. The van der Waals surface area contributed by atoms with E-state index in [2.05, 4.69) is 17.2 Å². The highest BCUT2D eigenvalue weighted by Gasteiger charge is 2.30. The van der Waals surface area contributed by atoms with Gasteiger partial charge in [-0.3, -0.25) is 4.99 Å². The van der Waals surface area contributed by atoms with Crippen LogP contribution in [0, 0.1) is 0 Å². The topological polar surface area (TPSA) is 84.5 Å². The third-order valence-corrected chi connectivity index (χ3v) is 6.02. The summed E-state index contributed by atoms with van der Waals surface area (Å²) in [6.45, 7) is 3.33. The van der Waals surface area contributed by atoms with E-state index in [0.29, 0.717) is 18.3 Å². The van der Waals surface area contributed by atoms with E-state index in [1.807, 2.05) is 0 Å². The van der Waals surface area contributed by atoms with Crippen LogP contribution in [0.5, 0.6) is 0 Å². The van der Waals surface area contributed by atoms with Crippen LogP contribution in [-0.2, 0) is 9.84 Å². The van der Waals surface area contributed by atoms with Crippen molar-refractivity contribution >= 4 is 39.8 Å². The van der Waals surface area contributed by atoms with Gasteiger partial charge in [-0.05, 0) is 19.3 Å². The second-order valence-corrected chi connectivity index (χ2v) is 7.95. The Labute approximate surface area is 146 Å². The maximum atomic E-state index is 11.6. The molecule has 1 saturated heterocycles. The second kappa shape index (κ2) is 11.5. The van der Waals surface area contributed by atoms with Crippen LogP contribution in [0.2, 0.25) is 0 Å². The van der Waals surface area contributed by atoms with Gasteiger partial charge < -0.3 is 11.1 Å². The summed E-state index contributed by atoms with van der Waals surface area (Å²) in [6, 6.07) is 0. The van der Waals surface area contributed by atoms with Crippen molar-refractivity contribution in [1.82, 2.24) is 5.32 Å². The summed E-state index contributed by atoms with van der Waals surface area (Å²) >= 11 is 0. The molecule has 0 spiro atoms. The van der Waals surface area contributed by atoms with Crippen molar-refractivity contribution in [3.05, 3.63) is 0 Å². The van der Waals surface area contributed by atoms with Crippen LogP contribution >= 0.6 is 24.0 Å². The van der Waals surface area contributed by atoms with Crippen molar-refractivity contribution in [1.29, 1.82) is 0 Å². The van der Waals surface area contributed by atoms with Crippen molar-refractivity contribution < 1.29 is 8.42 Å². The third-order valence-electron chi connectivity index (χ3n) is 3.76. The number of nitrogens with zero attached hydrogens (tertiary/aromatic N) is 1. The Bertz CT molecular complexity index is 399. The van der Waals surface area contributed by atoms with E-state index in [4.69, 9.17) is 5.73 Å². The molecule has 3 N–H and O–H groups in total. The number of rotatable bonds is 9. The zero-order valence-electron chi connectivity index (χ0n) is 13.0. The molecule has 0 saturated carbocycles. The van der Waals surface area contributed by atoms with Gasteiger partial charge >= 0.3 is 0 Å². The van der Waals surface area contributed by atoms with Gasteiger partial charge in [-0.2, -0.15) is 0 Å². The van der Waals surface area contributed by atoms with Crippen molar-refractivity contribution in [3.8, 4) is 0 Å². The van der Waals surface area contributed by atoms with Gasteiger partial charge in [0.25, 0.3) is 0 Å². The zero-order chi connectivity index (χ0) is 14.8. The SMILES string of the molecule is CCCCCCCCNC(N)=NCC1CCCS1(=O)=O.I. The fourth-order valence-electron chi connectivity index (χ4n) is 2.44. The Kier molecular flexibility index (Phi) is 11.5. The van der Waals surface area contributed by atoms with Crippen molar-refractivity contribution in [3.63, 3.8) is 0 Å². The molecule has 0 amide bonds. The summed E-state index contributed by atoms with van der Waals surface area (Å²) in [6.07, 6.45) is 8.92. The monoisotopic (exact) mass is 431 g/mol. The van der Waals surface area contributed by atoms with Crippen LogP contribution in [0.25, 0.3) is 0 Å². The average molecular weight is 431 g/mol. The lowest BCUT2D eigenvalue weighted by Gasteiger charge is -2.08. The van der Waals surface area contributed by atoms with Crippen LogP contribution in [0.1, 0.15) is 58.3 Å². The smallest absolute Gasteiger partial charge is 0.188 e. The highest BCUT2D eigenvalue weighted by Crippen LogP contribution is 2.19. The summed E-state index contributed by atoms with van der Waals surface area (Å²) in [5.74, 6) is 0.679. The number of guanidine groups is 1. The van der Waals surface area contributed by atoms with E-state index in [0.717, 1.165) is 25.8 Å². The lowest BCUT2D eigenvalue weighted by molar-refractivity contribution is 0.589. The lowest BCUT2D eigenvalue weighted by atomic mass is 10.1. The number of hydrogen-bond donors (Lipinski definition) is 2. The van der Waals surface area contributed by atoms with Gasteiger partial charge in [-0.1, -0.05) is 39.0 Å². The Hall–Kier alpha value is -0.0500. The number of unbranched alkanes of at least 4 members (excludes halogenated alkanes) is 5. The minimum absolute atomic E-state index is 0. The number of hydrogen-bond acceptors (Lipinski definition) is 3. The molecule has 0 aromatic carbocycles. The fraction of sp³-hybridized carbons (Fsp3) is 0.929. The summed E-state index contributed by atoms with van der Waals surface area (Å²) < 4.78 is 23.3. The third kappa shape index (κ3) is 8.85. The Morgan fingerprint density at radius 3 is 2.52 bits per heavy atom. The van der Waals surface area contributed by atoms with Crippen LogP contribution in [0.3, 0.4) is 0 Å². The molecule has 1 aliphatic rings. The summed E-state index contributed by atoms with van der Waals surface area (Å²) in [7, 11) is -2.91. The molecule has 1 rings (SSSR count). The highest BCUT2D eigenvalue weighted by atomic mass is 127. The van der Waals surface area contributed by atoms with Crippen LogP contribution in [0.4, 0.5) is 0 Å². The van der Waals surface area contributed by atoms with Crippen molar-refractivity contribution in [2.45, 2.75) is 63.5 Å². The Morgan fingerprint density at radius 2 is 1.90 bits per heavy atom. The van der Waals surface area contributed by atoms with E-state index in [-0.39, 0.29) is 29.2 Å². The second-order valence-electron chi connectivity index (χ2n) is 5.55. The van der Waals surface area contributed by atoms with Gasteiger partial charge in [-0.25, -0.2) is 8.42 Å². The molecule has 1 aliphatic heterocycles. The van der Waals surface area contributed by atoms with E-state index in [1.54, 1.807) is 0 Å². The van der Waals surface area contributed by atoms with Gasteiger partial charge in [0.2, 0.25) is 0 Å². The van der Waals surface area contributed by atoms with Gasteiger partial charge in [0.05, 0.1) is 17.5 Å². The Balaban J connectivity index is 0.00000400. The lowest BCUT2D eigenvalue weighted by Crippen LogP contribution is -2.33. The summed E-state index contributed by atoms with van der Waals surface area (Å²) in [5, 5.41) is 2.74. The molecular formula is C14H30IN3O2S. The van der Waals surface area contributed by atoms with Crippen LogP contribution in [-0.4, -0.2) is 38.5 Å². The minimum atomic E-state index is -2.91. The summed E-state index contributed by atoms with van der Waals surface area (Å²) in [4.78, 5) is 4.15. The van der Waals surface area contributed by atoms with E-state index in [1.165, 1.54) is 32.1 Å². The van der Waals surface area contributed by atoms with E-state index >= 15 is 0 Å². The molecule has 5 nitrogen and oxygen atoms in total. The number of nitrogens with two attached hydrogens (primary N) is 1. The molecule has 0 radical (unpaired) electrons. The molecule has 0 aromatic heterocycles. The summed E-state index contributed by atoms with van der Waals surface area (Å²) in [5.41, 5.74) is 5.75. The van der Waals surface area contributed by atoms with Crippen LogP contribution in [0.15, 0.2) is 4.99 Å². The van der Waals surface area contributed by atoms with Crippen molar-refractivity contribution in [2.75, 3.05) is 18.8 Å². The maximum absolute atomic E-state index is 11.6. The standard InChI is InChI=1S/C14H29N3O2S.HI/c1-2-3-4-5-6-7-10-16-14(15)17-12-13-9-8-11-20(13,18)19;/h13H,2-12H2,1H3,(H3,15,16,17);1H. The minimum Gasteiger partial charge on any atom is -0.370 e. The molecule has 0 bridgehead atoms. The van der Waals surface area contributed by atoms with Crippen LogP contribution < -0.4 is 11.1 Å². The molecule has 7 heteroatoms. The molecule has 126 valence electrons. The molecule has 21 heavy (non-hydrogen) atoms. The average Bonchev–Trinajstić information content (AvgIpc) is 2.74. The predicted molar refractivity (Wildman–Crippen MR) is 100 cm³/mol. The predicted octanol–water partition coefficient (Wildman–Crippen LogP) is 2.45. The molecular weight excluding hydrogens is 401 g/mol. The van der Waals surface area contributed by atoms with E-state index < -0.39 is 9.84 Å². The first-order valence-electron chi connectivity index (χ1n) is 7.81. The van der Waals surface area contributed by atoms with Crippen molar-refractivity contribution in [2.24, 2.45) is 10.7 Å². The molecule has 1 heterocycles. The quantitative estimate of drug-likeness (QED) is 0.254. The zero-order valence-corrected chi connectivity index (χ0v) is 16.2. The number of sulfone groups is 1. The van der Waals surface area contributed by atoms with Gasteiger partial charge in [0.15, 0.2) is 15.8 Å². The maximum Gasteiger partial charge on any atom is 0.188 e. The first-order valence-corrected chi connectivity index (χ1v) is 9.53.